The number of halogens is 1. The summed E-state index contributed by atoms with van der Waals surface area (Å²) in [4.78, 5) is 8.45. The van der Waals surface area contributed by atoms with Gasteiger partial charge in [0.05, 0.1) is 10.2 Å². The van der Waals surface area contributed by atoms with Gasteiger partial charge in [0.15, 0.2) is 0 Å². The minimum absolute atomic E-state index is 0.102. The van der Waals surface area contributed by atoms with Gasteiger partial charge in [-0.15, -0.1) is 0 Å². The first-order valence-electron chi connectivity index (χ1n) is 5.27. The maximum atomic E-state index is 8.97. The van der Waals surface area contributed by atoms with Gasteiger partial charge < -0.3 is 5.11 Å². The standard InChI is InChI=1S/C11H13BrN4O/c1-16-7-8(10(15-16)2-3-17)4-11-13-5-9(12)6-14-11/h5-7,17H,2-4H2,1H3. The van der Waals surface area contributed by atoms with E-state index in [-0.39, 0.29) is 6.61 Å². The van der Waals surface area contributed by atoms with Gasteiger partial charge in [0, 0.05) is 50.7 Å². The molecule has 0 saturated carbocycles. The lowest BCUT2D eigenvalue weighted by atomic mass is 10.1. The molecule has 2 aromatic rings. The molecular formula is C11H13BrN4O. The van der Waals surface area contributed by atoms with Gasteiger partial charge in [0.2, 0.25) is 0 Å². The molecule has 0 aromatic carbocycles. The number of aliphatic hydroxyl groups excluding tert-OH is 1. The van der Waals surface area contributed by atoms with Crippen molar-refractivity contribution in [3.05, 3.63) is 40.1 Å². The summed E-state index contributed by atoms with van der Waals surface area (Å²) in [5.41, 5.74) is 1.96. The first-order chi connectivity index (χ1) is 8.19. The van der Waals surface area contributed by atoms with Crippen LogP contribution >= 0.6 is 15.9 Å². The zero-order valence-corrected chi connectivity index (χ0v) is 11.1. The van der Waals surface area contributed by atoms with E-state index in [1.807, 2.05) is 13.2 Å². The van der Waals surface area contributed by atoms with Gasteiger partial charge in [0.1, 0.15) is 5.82 Å². The summed E-state index contributed by atoms with van der Waals surface area (Å²) in [6, 6.07) is 0. The highest BCUT2D eigenvalue weighted by Crippen LogP contribution is 2.12. The molecule has 6 heteroatoms. The van der Waals surface area contributed by atoms with Crippen LogP contribution in [-0.4, -0.2) is 31.5 Å². The van der Waals surface area contributed by atoms with E-state index in [0.717, 1.165) is 21.6 Å². The van der Waals surface area contributed by atoms with Crippen LogP contribution in [0.2, 0.25) is 0 Å². The molecule has 0 amide bonds. The fraction of sp³-hybridized carbons (Fsp3) is 0.364. The molecule has 0 aliphatic carbocycles. The van der Waals surface area contributed by atoms with Gasteiger partial charge in [-0.1, -0.05) is 0 Å². The van der Waals surface area contributed by atoms with Crippen LogP contribution in [0.4, 0.5) is 0 Å². The van der Waals surface area contributed by atoms with Crippen LogP contribution in [0.15, 0.2) is 23.1 Å². The molecule has 1 N–H and O–H groups in total. The van der Waals surface area contributed by atoms with Gasteiger partial charge in [-0.25, -0.2) is 9.97 Å². The molecule has 2 heterocycles. The summed E-state index contributed by atoms with van der Waals surface area (Å²) in [6.07, 6.45) is 6.59. The van der Waals surface area contributed by atoms with Crippen molar-refractivity contribution in [1.29, 1.82) is 0 Å². The third-order valence-corrected chi connectivity index (χ3v) is 2.77. The van der Waals surface area contributed by atoms with E-state index >= 15 is 0 Å². The molecule has 5 nitrogen and oxygen atoms in total. The number of aromatic nitrogens is 4. The summed E-state index contributed by atoms with van der Waals surface area (Å²) >= 11 is 3.30. The van der Waals surface area contributed by atoms with E-state index in [4.69, 9.17) is 5.11 Å². The van der Waals surface area contributed by atoms with E-state index in [9.17, 15) is 0 Å². The van der Waals surface area contributed by atoms with Crippen molar-refractivity contribution in [3.63, 3.8) is 0 Å². The van der Waals surface area contributed by atoms with Crippen molar-refractivity contribution in [1.82, 2.24) is 19.7 Å². The van der Waals surface area contributed by atoms with E-state index < -0.39 is 0 Å². The summed E-state index contributed by atoms with van der Waals surface area (Å²) in [5, 5.41) is 13.3. The molecule has 2 aromatic heterocycles. The summed E-state index contributed by atoms with van der Waals surface area (Å²) < 4.78 is 2.61. The Labute approximate surface area is 108 Å². The van der Waals surface area contributed by atoms with Crippen molar-refractivity contribution in [2.24, 2.45) is 7.05 Å². The van der Waals surface area contributed by atoms with Crippen molar-refractivity contribution in [3.8, 4) is 0 Å². The Hall–Kier alpha value is -1.27. The number of rotatable bonds is 4. The fourth-order valence-electron chi connectivity index (χ4n) is 1.65. The number of hydrogen-bond donors (Lipinski definition) is 1. The Morgan fingerprint density at radius 1 is 1.35 bits per heavy atom. The highest BCUT2D eigenvalue weighted by molar-refractivity contribution is 9.10. The second kappa shape index (κ2) is 5.37. The smallest absolute Gasteiger partial charge is 0.132 e. The molecule has 0 bridgehead atoms. The first kappa shape index (κ1) is 12.2. The van der Waals surface area contributed by atoms with Crippen LogP contribution in [0.1, 0.15) is 17.1 Å². The second-order valence-corrected chi connectivity index (χ2v) is 4.66. The predicted molar refractivity (Wildman–Crippen MR) is 66.5 cm³/mol. The van der Waals surface area contributed by atoms with Gasteiger partial charge in [0.25, 0.3) is 0 Å². The zero-order valence-electron chi connectivity index (χ0n) is 9.47. The van der Waals surface area contributed by atoms with Crippen LogP contribution in [0.5, 0.6) is 0 Å². The maximum absolute atomic E-state index is 8.97. The third-order valence-electron chi connectivity index (χ3n) is 2.36. The molecule has 17 heavy (non-hydrogen) atoms. The predicted octanol–water partition coefficient (Wildman–Crippen LogP) is 1.10. The van der Waals surface area contributed by atoms with E-state index in [1.165, 1.54) is 0 Å². The third kappa shape index (κ3) is 3.10. The Morgan fingerprint density at radius 2 is 2.06 bits per heavy atom. The number of aliphatic hydroxyl groups is 1. The highest BCUT2D eigenvalue weighted by Gasteiger charge is 2.09. The highest BCUT2D eigenvalue weighted by atomic mass is 79.9. The molecule has 0 radical (unpaired) electrons. The minimum atomic E-state index is 0.102. The van der Waals surface area contributed by atoms with Crippen LogP contribution in [0.3, 0.4) is 0 Å². The maximum Gasteiger partial charge on any atom is 0.132 e. The quantitative estimate of drug-likeness (QED) is 0.918. The summed E-state index contributed by atoms with van der Waals surface area (Å²) in [6.45, 7) is 0.102. The van der Waals surface area contributed by atoms with Crippen LogP contribution in [0, 0.1) is 0 Å². The summed E-state index contributed by atoms with van der Waals surface area (Å²) in [7, 11) is 1.87. The van der Waals surface area contributed by atoms with Gasteiger partial charge in [-0.2, -0.15) is 5.10 Å². The molecule has 0 atom stereocenters. The van der Waals surface area contributed by atoms with Crippen LogP contribution in [-0.2, 0) is 19.9 Å². The average Bonchev–Trinajstić information content (AvgIpc) is 2.63. The molecule has 0 spiro atoms. The molecule has 0 aliphatic rings. The van der Waals surface area contributed by atoms with Gasteiger partial charge >= 0.3 is 0 Å². The number of aryl methyl sites for hydroxylation is 1. The molecule has 0 unspecified atom stereocenters. The Kier molecular flexibility index (Phi) is 3.86. The van der Waals surface area contributed by atoms with Crippen LogP contribution < -0.4 is 0 Å². The van der Waals surface area contributed by atoms with Crippen molar-refractivity contribution in [2.45, 2.75) is 12.8 Å². The molecule has 90 valence electrons. The Bertz CT molecular complexity index is 495. The second-order valence-electron chi connectivity index (χ2n) is 3.74. The fourth-order valence-corrected chi connectivity index (χ4v) is 1.85. The Morgan fingerprint density at radius 3 is 2.71 bits per heavy atom. The van der Waals surface area contributed by atoms with Gasteiger partial charge in [-0.3, -0.25) is 4.68 Å². The minimum Gasteiger partial charge on any atom is -0.396 e. The van der Waals surface area contributed by atoms with Crippen molar-refractivity contribution >= 4 is 15.9 Å². The van der Waals surface area contributed by atoms with Crippen molar-refractivity contribution < 1.29 is 5.11 Å². The van der Waals surface area contributed by atoms with E-state index in [0.29, 0.717) is 12.8 Å². The van der Waals surface area contributed by atoms with E-state index in [1.54, 1.807) is 17.1 Å². The Balaban J connectivity index is 2.20. The molecule has 0 saturated heterocycles. The average molecular weight is 297 g/mol. The lowest BCUT2D eigenvalue weighted by Crippen LogP contribution is -2.00. The zero-order chi connectivity index (χ0) is 12.3. The van der Waals surface area contributed by atoms with E-state index in [2.05, 4.69) is 31.0 Å². The largest absolute Gasteiger partial charge is 0.396 e. The molecule has 2 rings (SSSR count). The molecule has 0 fully saturated rings. The van der Waals surface area contributed by atoms with Crippen molar-refractivity contribution in [2.75, 3.05) is 6.61 Å². The first-order valence-corrected chi connectivity index (χ1v) is 6.07. The topological polar surface area (TPSA) is 63.8 Å². The van der Waals surface area contributed by atoms with Gasteiger partial charge in [-0.05, 0) is 15.9 Å². The number of nitrogens with zero attached hydrogens (tertiary/aromatic N) is 4. The monoisotopic (exact) mass is 296 g/mol. The number of hydrogen-bond acceptors (Lipinski definition) is 4. The molecular weight excluding hydrogens is 284 g/mol. The van der Waals surface area contributed by atoms with Crippen LogP contribution in [0.25, 0.3) is 0 Å². The normalized spacial score (nSPS) is 10.8. The lowest BCUT2D eigenvalue weighted by molar-refractivity contribution is 0.297. The SMILES string of the molecule is Cn1cc(Cc2ncc(Br)cn2)c(CCO)n1. The molecule has 0 aliphatic heterocycles. The summed E-state index contributed by atoms with van der Waals surface area (Å²) in [5.74, 6) is 0.750. The lowest BCUT2D eigenvalue weighted by Gasteiger charge is -2.00.